The summed E-state index contributed by atoms with van der Waals surface area (Å²) in [4.78, 5) is 35.9. The molecule has 27 heavy (non-hydrogen) atoms. The van der Waals surface area contributed by atoms with Gasteiger partial charge < -0.3 is 21.1 Å². The Morgan fingerprint density at radius 3 is 2.85 bits per heavy atom. The molecule has 2 heterocycles. The molecule has 1 aromatic rings. The van der Waals surface area contributed by atoms with E-state index in [-0.39, 0.29) is 25.0 Å². The number of amides is 1. The smallest absolute Gasteiger partial charge is 0.320 e. The number of nitrogens with one attached hydrogen (secondary N) is 1. The van der Waals surface area contributed by atoms with Gasteiger partial charge in [0.15, 0.2) is 5.16 Å². The molecule has 5 N–H and O–H groups in total. The van der Waals surface area contributed by atoms with Crippen molar-refractivity contribution in [2.45, 2.75) is 37.4 Å². The van der Waals surface area contributed by atoms with E-state index in [1.807, 2.05) is 23.1 Å². The maximum atomic E-state index is 12.8. The first-order chi connectivity index (χ1) is 12.8. The van der Waals surface area contributed by atoms with Gasteiger partial charge in [-0.2, -0.15) is 0 Å². The standard InChI is InChI=1S/C18H26N3O5P/c19-6-2-1-5-18(17(23)24)12-21(7-8-27(18,25)26)11-13-3-4-15-14(9-13)10-16(22)20-15/h3-4,9H,1-2,5-8,10-12,19H2,(H,20,22)(H,23,24)(H,25,26). The maximum absolute atomic E-state index is 12.8. The first kappa shape index (κ1) is 20.0. The molecule has 1 aromatic carbocycles. The van der Waals surface area contributed by atoms with Crippen LogP contribution >= 0.6 is 7.37 Å². The van der Waals surface area contributed by atoms with E-state index in [0.717, 1.165) is 16.8 Å². The number of rotatable bonds is 7. The zero-order valence-electron chi connectivity index (χ0n) is 15.2. The molecule has 9 heteroatoms. The van der Waals surface area contributed by atoms with Gasteiger partial charge in [0, 0.05) is 31.5 Å². The van der Waals surface area contributed by atoms with E-state index in [1.165, 1.54) is 0 Å². The highest BCUT2D eigenvalue weighted by molar-refractivity contribution is 7.61. The molecule has 2 unspecified atom stereocenters. The average molecular weight is 395 g/mol. The SMILES string of the molecule is NCCCCC1(C(=O)O)CN(Cc2ccc3c(c2)CC(=O)N3)CCP1(=O)O. The minimum absolute atomic E-state index is 0.0348. The number of carboxylic acid groups (broad SMARTS) is 1. The second-order valence-corrected chi connectivity index (χ2v) is 10.1. The Kier molecular flexibility index (Phi) is 5.72. The Bertz CT molecular complexity index is 799. The molecule has 1 fully saturated rings. The number of nitrogens with two attached hydrogens (primary N) is 1. The van der Waals surface area contributed by atoms with Crippen LogP contribution in [0.25, 0.3) is 0 Å². The highest BCUT2D eigenvalue weighted by Gasteiger charge is 2.56. The van der Waals surface area contributed by atoms with Crippen LogP contribution in [-0.4, -0.2) is 57.7 Å². The fourth-order valence-electron chi connectivity index (χ4n) is 3.96. The van der Waals surface area contributed by atoms with E-state index in [4.69, 9.17) is 5.73 Å². The van der Waals surface area contributed by atoms with Crippen molar-refractivity contribution in [1.82, 2.24) is 4.90 Å². The molecule has 2 aliphatic heterocycles. The minimum Gasteiger partial charge on any atom is -0.480 e. The van der Waals surface area contributed by atoms with E-state index in [2.05, 4.69) is 5.32 Å². The Balaban J connectivity index is 1.78. The molecule has 0 aliphatic carbocycles. The van der Waals surface area contributed by atoms with Crippen LogP contribution in [0.3, 0.4) is 0 Å². The number of hydrogen-bond acceptors (Lipinski definition) is 5. The summed E-state index contributed by atoms with van der Waals surface area (Å²) >= 11 is 0. The summed E-state index contributed by atoms with van der Waals surface area (Å²) in [5, 5.41) is 11.0. The molecular formula is C18H26N3O5P. The number of carbonyl (C=O) groups is 2. The monoisotopic (exact) mass is 395 g/mol. The third-order valence-electron chi connectivity index (χ3n) is 5.52. The number of anilines is 1. The number of carboxylic acids is 1. The largest absolute Gasteiger partial charge is 0.480 e. The average Bonchev–Trinajstić information content (AvgIpc) is 2.97. The first-order valence-electron chi connectivity index (χ1n) is 9.17. The normalized spacial score (nSPS) is 28.0. The zero-order chi connectivity index (χ0) is 19.7. The van der Waals surface area contributed by atoms with Gasteiger partial charge >= 0.3 is 5.97 Å². The quantitative estimate of drug-likeness (QED) is 0.403. The third-order valence-corrected chi connectivity index (χ3v) is 8.22. The van der Waals surface area contributed by atoms with Crippen LogP contribution in [0.4, 0.5) is 5.69 Å². The van der Waals surface area contributed by atoms with E-state index >= 15 is 0 Å². The summed E-state index contributed by atoms with van der Waals surface area (Å²) in [6.07, 6.45) is 1.58. The molecule has 3 rings (SSSR count). The van der Waals surface area contributed by atoms with Gasteiger partial charge in [-0.15, -0.1) is 0 Å². The van der Waals surface area contributed by atoms with Gasteiger partial charge in [0.2, 0.25) is 13.3 Å². The number of carbonyl (C=O) groups excluding carboxylic acids is 1. The van der Waals surface area contributed by atoms with Crippen molar-refractivity contribution in [3.63, 3.8) is 0 Å². The molecule has 2 atom stereocenters. The number of benzene rings is 1. The first-order valence-corrected chi connectivity index (χ1v) is 11.0. The maximum Gasteiger partial charge on any atom is 0.320 e. The Hall–Kier alpha value is -1.73. The zero-order valence-corrected chi connectivity index (χ0v) is 16.1. The summed E-state index contributed by atoms with van der Waals surface area (Å²) in [5.74, 6) is -1.25. The Morgan fingerprint density at radius 1 is 1.37 bits per heavy atom. The van der Waals surface area contributed by atoms with Crippen LogP contribution in [0.5, 0.6) is 0 Å². The molecule has 0 saturated carbocycles. The van der Waals surface area contributed by atoms with Crippen molar-refractivity contribution in [2.24, 2.45) is 5.73 Å². The third kappa shape index (κ3) is 3.94. The van der Waals surface area contributed by atoms with Gasteiger partial charge in [0.25, 0.3) is 0 Å². The van der Waals surface area contributed by atoms with Crippen molar-refractivity contribution in [2.75, 3.05) is 31.1 Å². The van der Waals surface area contributed by atoms with E-state index < -0.39 is 18.5 Å². The molecule has 1 saturated heterocycles. The summed E-state index contributed by atoms with van der Waals surface area (Å²) in [6.45, 7) is 1.31. The molecule has 0 spiro atoms. The number of nitrogens with zero attached hydrogens (tertiary/aromatic N) is 1. The lowest BCUT2D eigenvalue weighted by Gasteiger charge is -2.43. The number of fused-ring (bicyclic) bond motifs is 1. The van der Waals surface area contributed by atoms with Crippen molar-refractivity contribution in [3.8, 4) is 0 Å². The van der Waals surface area contributed by atoms with Gasteiger partial charge in [0.1, 0.15) is 0 Å². The van der Waals surface area contributed by atoms with Crippen molar-refractivity contribution >= 4 is 24.9 Å². The van der Waals surface area contributed by atoms with E-state index in [1.54, 1.807) is 0 Å². The van der Waals surface area contributed by atoms with Crippen molar-refractivity contribution < 1.29 is 24.2 Å². The molecule has 0 aromatic heterocycles. The molecule has 0 radical (unpaired) electrons. The fraction of sp³-hybridized carbons (Fsp3) is 0.556. The highest BCUT2D eigenvalue weighted by Crippen LogP contribution is 2.59. The second-order valence-electron chi connectivity index (χ2n) is 7.43. The predicted molar refractivity (Wildman–Crippen MR) is 102 cm³/mol. The second kappa shape index (κ2) is 7.72. The molecular weight excluding hydrogens is 369 g/mol. The topological polar surface area (TPSA) is 133 Å². The summed E-state index contributed by atoms with van der Waals surface area (Å²) in [7, 11) is -3.82. The highest BCUT2D eigenvalue weighted by atomic mass is 31.2. The summed E-state index contributed by atoms with van der Waals surface area (Å²) < 4.78 is 12.8. The van der Waals surface area contributed by atoms with Gasteiger partial charge in [-0.05, 0) is 36.6 Å². The van der Waals surface area contributed by atoms with Gasteiger partial charge in [-0.1, -0.05) is 18.6 Å². The van der Waals surface area contributed by atoms with Gasteiger partial charge in [-0.3, -0.25) is 19.1 Å². The van der Waals surface area contributed by atoms with Crippen LogP contribution in [0, 0.1) is 0 Å². The summed E-state index contributed by atoms with van der Waals surface area (Å²) in [6, 6.07) is 5.69. The number of aliphatic carboxylic acids is 1. The lowest BCUT2D eigenvalue weighted by Crippen LogP contribution is -2.53. The molecule has 0 bridgehead atoms. The van der Waals surface area contributed by atoms with E-state index in [9.17, 15) is 24.2 Å². The Morgan fingerprint density at radius 2 is 2.15 bits per heavy atom. The fourth-order valence-corrected chi connectivity index (χ4v) is 6.17. The Labute approximate surface area is 158 Å². The molecule has 8 nitrogen and oxygen atoms in total. The van der Waals surface area contributed by atoms with Crippen molar-refractivity contribution in [1.29, 1.82) is 0 Å². The predicted octanol–water partition coefficient (Wildman–Crippen LogP) is 1.22. The van der Waals surface area contributed by atoms with Crippen molar-refractivity contribution in [3.05, 3.63) is 29.3 Å². The van der Waals surface area contributed by atoms with Crippen LogP contribution in [0.2, 0.25) is 0 Å². The minimum atomic E-state index is -3.82. The lowest BCUT2D eigenvalue weighted by atomic mass is 9.99. The van der Waals surface area contributed by atoms with Gasteiger partial charge in [0.05, 0.1) is 6.42 Å². The number of unbranched alkanes of at least 4 members (excludes halogenated alkanes) is 1. The van der Waals surface area contributed by atoms with Crippen LogP contribution in [-0.2, 0) is 27.1 Å². The molecule has 148 valence electrons. The van der Waals surface area contributed by atoms with Crippen LogP contribution < -0.4 is 11.1 Å². The van der Waals surface area contributed by atoms with Gasteiger partial charge in [-0.25, -0.2) is 0 Å². The van der Waals surface area contributed by atoms with E-state index in [0.29, 0.717) is 38.9 Å². The molecule has 2 aliphatic rings. The number of hydrogen-bond donors (Lipinski definition) is 4. The lowest BCUT2D eigenvalue weighted by molar-refractivity contribution is -0.141. The molecule has 1 amide bonds. The summed E-state index contributed by atoms with van der Waals surface area (Å²) in [5.41, 5.74) is 8.19. The van der Waals surface area contributed by atoms with Crippen LogP contribution in [0.15, 0.2) is 18.2 Å². The van der Waals surface area contributed by atoms with Crippen LogP contribution in [0.1, 0.15) is 30.4 Å².